The van der Waals surface area contributed by atoms with Crippen LogP contribution in [0.25, 0.3) is 0 Å². The van der Waals surface area contributed by atoms with Crippen molar-refractivity contribution in [1.82, 2.24) is 4.98 Å². The summed E-state index contributed by atoms with van der Waals surface area (Å²) in [5.74, 6) is -0.838. The summed E-state index contributed by atoms with van der Waals surface area (Å²) < 4.78 is 12.8. The third-order valence-electron chi connectivity index (χ3n) is 2.26. The minimum absolute atomic E-state index is 0.206. The first-order valence-corrected chi connectivity index (χ1v) is 5.30. The molecule has 0 bridgehead atoms. The van der Waals surface area contributed by atoms with Crippen LogP contribution in [0.5, 0.6) is 0 Å². The largest absolute Gasteiger partial charge is 0.330 e. The maximum atomic E-state index is 12.8. The van der Waals surface area contributed by atoms with E-state index in [9.17, 15) is 9.18 Å². The van der Waals surface area contributed by atoms with Crippen molar-refractivity contribution in [3.05, 3.63) is 24.1 Å². The number of carbonyl (C=O) groups is 1. The molecule has 0 aromatic carbocycles. The zero-order chi connectivity index (χ0) is 12.0. The van der Waals surface area contributed by atoms with Gasteiger partial charge >= 0.3 is 0 Å². The van der Waals surface area contributed by atoms with Gasteiger partial charge in [-0.1, -0.05) is 19.4 Å². The van der Waals surface area contributed by atoms with E-state index < -0.39 is 5.95 Å². The lowest BCUT2D eigenvalue weighted by molar-refractivity contribution is -0.119. The van der Waals surface area contributed by atoms with Gasteiger partial charge < -0.3 is 11.1 Å². The first kappa shape index (κ1) is 12.6. The highest BCUT2D eigenvalue weighted by Crippen LogP contribution is 2.09. The summed E-state index contributed by atoms with van der Waals surface area (Å²) in [4.78, 5) is 15.2. The van der Waals surface area contributed by atoms with Gasteiger partial charge in [-0.3, -0.25) is 4.79 Å². The molecular weight excluding hydrogens is 209 g/mol. The number of anilines is 1. The second kappa shape index (κ2) is 6.17. The van der Waals surface area contributed by atoms with Gasteiger partial charge in [0.25, 0.3) is 0 Å². The second-order valence-corrected chi connectivity index (χ2v) is 3.56. The molecule has 0 aliphatic heterocycles. The van der Waals surface area contributed by atoms with Gasteiger partial charge in [0.1, 0.15) is 5.82 Å². The molecule has 1 aromatic heterocycles. The number of rotatable bonds is 5. The zero-order valence-corrected chi connectivity index (χ0v) is 9.24. The number of nitrogens with two attached hydrogens (primary N) is 1. The van der Waals surface area contributed by atoms with Gasteiger partial charge in [-0.25, -0.2) is 4.98 Å². The van der Waals surface area contributed by atoms with Crippen LogP contribution >= 0.6 is 0 Å². The Hall–Kier alpha value is -1.49. The number of hydrogen-bond acceptors (Lipinski definition) is 3. The summed E-state index contributed by atoms with van der Waals surface area (Å²) in [5.41, 5.74) is 5.49. The first-order valence-electron chi connectivity index (χ1n) is 5.30. The molecule has 0 fully saturated rings. The highest BCUT2D eigenvalue weighted by atomic mass is 19.1. The van der Waals surface area contributed by atoms with Crippen LogP contribution in [0.2, 0.25) is 0 Å². The molecule has 16 heavy (non-hydrogen) atoms. The Morgan fingerprint density at radius 3 is 2.94 bits per heavy atom. The molecule has 1 unspecified atom stereocenters. The van der Waals surface area contributed by atoms with Crippen molar-refractivity contribution < 1.29 is 9.18 Å². The average molecular weight is 225 g/mol. The second-order valence-electron chi connectivity index (χ2n) is 3.56. The molecule has 0 saturated heterocycles. The minimum Gasteiger partial charge on any atom is -0.330 e. The summed E-state index contributed by atoms with van der Waals surface area (Å²) >= 11 is 0. The van der Waals surface area contributed by atoms with E-state index in [-0.39, 0.29) is 24.2 Å². The van der Waals surface area contributed by atoms with Crippen LogP contribution in [0.3, 0.4) is 0 Å². The van der Waals surface area contributed by atoms with Gasteiger partial charge in [0.2, 0.25) is 11.9 Å². The minimum atomic E-state index is -0.613. The molecule has 4 nitrogen and oxygen atoms in total. The van der Waals surface area contributed by atoms with Crippen molar-refractivity contribution in [3.63, 3.8) is 0 Å². The van der Waals surface area contributed by atoms with Crippen molar-refractivity contribution in [2.75, 3.05) is 11.9 Å². The molecule has 1 heterocycles. The maximum absolute atomic E-state index is 12.8. The number of aromatic nitrogens is 1. The van der Waals surface area contributed by atoms with Crippen LogP contribution in [0, 0.1) is 11.9 Å². The summed E-state index contributed by atoms with van der Waals surface area (Å²) in [6.07, 6.45) is 1.60. The van der Waals surface area contributed by atoms with Gasteiger partial charge in [0.15, 0.2) is 0 Å². The van der Waals surface area contributed by atoms with Crippen molar-refractivity contribution in [3.8, 4) is 0 Å². The fraction of sp³-hybridized carbons (Fsp3) is 0.455. The smallest absolute Gasteiger partial charge is 0.229 e. The maximum Gasteiger partial charge on any atom is 0.229 e. The number of nitrogens with one attached hydrogen (secondary N) is 1. The van der Waals surface area contributed by atoms with Crippen molar-refractivity contribution in [1.29, 1.82) is 0 Å². The lowest BCUT2D eigenvalue weighted by Crippen LogP contribution is -2.29. The molecule has 0 radical (unpaired) electrons. The highest BCUT2D eigenvalue weighted by molar-refractivity contribution is 5.91. The van der Waals surface area contributed by atoms with E-state index in [1.54, 1.807) is 6.07 Å². The van der Waals surface area contributed by atoms with Crippen LogP contribution in [0.4, 0.5) is 10.2 Å². The lowest BCUT2D eigenvalue weighted by atomic mass is 10.0. The molecule has 1 aromatic rings. The Labute approximate surface area is 94.1 Å². The van der Waals surface area contributed by atoms with Crippen molar-refractivity contribution >= 4 is 11.7 Å². The van der Waals surface area contributed by atoms with Gasteiger partial charge in [-0.05, 0) is 18.6 Å². The molecule has 88 valence electrons. The highest BCUT2D eigenvalue weighted by Gasteiger charge is 2.16. The van der Waals surface area contributed by atoms with Crippen molar-refractivity contribution in [2.45, 2.75) is 19.8 Å². The summed E-state index contributed by atoms with van der Waals surface area (Å²) in [7, 11) is 0. The standard InChI is InChI=1S/C11H16FN3O/c1-2-4-8(7-13)11(16)15-10-6-3-5-9(12)14-10/h3,5-6,8H,2,4,7,13H2,1H3,(H,14,15,16). The van der Waals surface area contributed by atoms with Crippen LogP contribution < -0.4 is 11.1 Å². The molecular formula is C11H16FN3O. The van der Waals surface area contributed by atoms with Gasteiger partial charge in [0.05, 0.1) is 5.92 Å². The van der Waals surface area contributed by atoms with Crippen LogP contribution in [-0.4, -0.2) is 17.4 Å². The van der Waals surface area contributed by atoms with E-state index in [1.165, 1.54) is 12.1 Å². The van der Waals surface area contributed by atoms with E-state index in [1.807, 2.05) is 6.92 Å². The summed E-state index contributed by atoms with van der Waals surface area (Å²) in [6, 6.07) is 4.26. The van der Waals surface area contributed by atoms with E-state index in [0.717, 1.165) is 12.8 Å². The van der Waals surface area contributed by atoms with E-state index in [2.05, 4.69) is 10.3 Å². The molecule has 3 N–H and O–H groups in total. The number of pyridine rings is 1. The fourth-order valence-corrected chi connectivity index (χ4v) is 1.41. The van der Waals surface area contributed by atoms with Crippen LogP contribution in [0.1, 0.15) is 19.8 Å². The zero-order valence-electron chi connectivity index (χ0n) is 9.24. The molecule has 0 aliphatic carbocycles. The van der Waals surface area contributed by atoms with Crippen molar-refractivity contribution in [2.24, 2.45) is 11.7 Å². The predicted molar refractivity (Wildman–Crippen MR) is 60.3 cm³/mol. The molecule has 0 saturated carbocycles. The molecule has 5 heteroatoms. The van der Waals surface area contributed by atoms with Gasteiger partial charge in [-0.15, -0.1) is 0 Å². The number of nitrogens with zero attached hydrogens (tertiary/aromatic N) is 1. The van der Waals surface area contributed by atoms with E-state index in [4.69, 9.17) is 5.73 Å². The number of hydrogen-bond donors (Lipinski definition) is 2. The Morgan fingerprint density at radius 2 is 2.38 bits per heavy atom. The van der Waals surface area contributed by atoms with Gasteiger partial charge in [-0.2, -0.15) is 4.39 Å². The molecule has 0 aliphatic rings. The lowest BCUT2D eigenvalue weighted by Gasteiger charge is -2.13. The third-order valence-corrected chi connectivity index (χ3v) is 2.26. The molecule has 1 atom stereocenters. The topological polar surface area (TPSA) is 68.0 Å². The molecule has 0 spiro atoms. The fourth-order valence-electron chi connectivity index (χ4n) is 1.41. The summed E-state index contributed by atoms with van der Waals surface area (Å²) in [6.45, 7) is 2.27. The SMILES string of the molecule is CCCC(CN)C(=O)Nc1cccc(F)n1. The number of halogens is 1. The normalized spacial score (nSPS) is 12.2. The Morgan fingerprint density at radius 1 is 1.62 bits per heavy atom. The first-order chi connectivity index (χ1) is 7.67. The predicted octanol–water partition coefficient (Wildman–Crippen LogP) is 1.53. The monoisotopic (exact) mass is 225 g/mol. The number of carbonyl (C=O) groups excluding carboxylic acids is 1. The molecule has 1 rings (SSSR count). The Kier molecular flexibility index (Phi) is 4.85. The molecule has 1 amide bonds. The quantitative estimate of drug-likeness (QED) is 0.747. The Balaban J connectivity index is 2.62. The van der Waals surface area contributed by atoms with Crippen LogP contribution in [-0.2, 0) is 4.79 Å². The Bertz CT molecular complexity index is 357. The third kappa shape index (κ3) is 3.58. The number of amides is 1. The average Bonchev–Trinajstić information content (AvgIpc) is 2.25. The van der Waals surface area contributed by atoms with E-state index >= 15 is 0 Å². The summed E-state index contributed by atoms with van der Waals surface area (Å²) in [5, 5.41) is 2.55. The van der Waals surface area contributed by atoms with E-state index in [0.29, 0.717) is 0 Å². The van der Waals surface area contributed by atoms with Gasteiger partial charge in [0, 0.05) is 6.54 Å². The van der Waals surface area contributed by atoms with Crippen LogP contribution in [0.15, 0.2) is 18.2 Å².